The Hall–Kier alpha value is -1.47. The largest absolute Gasteiger partial charge is 0.489 e. The van der Waals surface area contributed by atoms with E-state index in [4.69, 9.17) is 16.3 Å². The third-order valence-corrected chi connectivity index (χ3v) is 3.39. The molecular formula is C16H17ClO. The lowest BCUT2D eigenvalue weighted by Crippen LogP contribution is -1.97. The smallest absolute Gasteiger partial charge is 0.119 e. The zero-order valence-corrected chi connectivity index (χ0v) is 11.2. The van der Waals surface area contributed by atoms with Crippen LogP contribution in [0.3, 0.4) is 0 Å². The van der Waals surface area contributed by atoms with E-state index in [9.17, 15) is 0 Å². The standard InChI is InChI=1S/C16H17ClO/c1-13(11-17)15-7-9-16(10-8-15)18-12-14-5-3-2-4-6-14/h2-10,13H,11-12H2,1H3. The van der Waals surface area contributed by atoms with Crippen LogP contribution < -0.4 is 4.74 Å². The molecule has 94 valence electrons. The molecule has 0 aliphatic rings. The van der Waals surface area contributed by atoms with Gasteiger partial charge in [-0.25, -0.2) is 0 Å². The van der Waals surface area contributed by atoms with Crippen LogP contribution in [0.1, 0.15) is 24.0 Å². The molecule has 0 saturated carbocycles. The number of halogens is 1. The molecule has 18 heavy (non-hydrogen) atoms. The summed E-state index contributed by atoms with van der Waals surface area (Å²) in [6.45, 7) is 2.72. The Kier molecular flexibility index (Phi) is 4.66. The minimum Gasteiger partial charge on any atom is -0.489 e. The van der Waals surface area contributed by atoms with Crippen molar-refractivity contribution < 1.29 is 4.74 Å². The Morgan fingerprint density at radius 3 is 2.28 bits per heavy atom. The molecule has 2 aromatic rings. The zero-order valence-electron chi connectivity index (χ0n) is 10.5. The summed E-state index contributed by atoms with van der Waals surface area (Å²) >= 11 is 5.84. The predicted octanol–water partition coefficient (Wildman–Crippen LogP) is 4.61. The van der Waals surface area contributed by atoms with E-state index < -0.39 is 0 Å². The fourth-order valence-corrected chi connectivity index (χ4v) is 1.90. The van der Waals surface area contributed by atoms with Crippen LogP contribution in [-0.2, 0) is 6.61 Å². The maximum atomic E-state index is 5.84. The van der Waals surface area contributed by atoms with Crippen LogP contribution in [0, 0.1) is 0 Å². The Labute approximate surface area is 113 Å². The number of rotatable bonds is 5. The Morgan fingerprint density at radius 1 is 1.00 bits per heavy atom. The fourth-order valence-electron chi connectivity index (χ4n) is 1.72. The number of hydrogen-bond donors (Lipinski definition) is 0. The molecule has 0 N–H and O–H groups in total. The molecule has 0 amide bonds. The lowest BCUT2D eigenvalue weighted by molar-refractivity contribution is 0.306. The molecule has 0 heterocycles. The van der Waals surface area contributed by atoms with E-state index in [0.29, 0.717) is 18.4 Å². The van der Waals surface area contributed by atoms with Gasteiger partial charge in [0.25, 0.3) is 0 Å². The first kappa shape index (κ1) is 13.0. The SMILES string of the molecule is CC(CCl)c1ccc(OCc2ccccc2)cc1. The van der Waals surface area contributed by atoms with Gasteiger partial charge in [-0.05, 0) is 29.2 Å². The zero-order chi connectivity index (χ0) is 12.8. The van der Waals surface area contributed by atoms with Crippen molar-refractivity contribution in [1.29, 1.82) is 0 Å². The Bertz CT molecular complexity index is 464. The number of alkyl halides is 1. The summed E-state index contributed by atoms with van der Waals surface area (Å²) in [7, 11) is 0. The average molecular weight is 261 g/mol. The third kappa shape index (κ3) is 3.51. The maximum Gasteiger partial charge on any atom is 0.119 e. The predicted molar refractivity (Wildman–Crippen MR) is 76.4 cm³/mol. The highest BCUT2D eigenvalue weighted by Gasteiger charge is 2.03. The van der Waals surface area contributed by atoms with Crippen molar-refractivity contribution in [2.75, 3.05) is 5.88 Å². The first-order valence-corrected chi connectivity index (χ1v) is 6.65. The monoisotopic (exact) mass is 260 g/mol. The van der Waals surface area contributed by atoms with Crippen LogP contribution in [0.2, 0.25) is 0 Å². The second-order valence-electron chi connectivity index (χ2n) is 4.40. The normalized spacial score (nSPS) is 12.1. The molecule has 2 heteroatoms. The van der Waals surface area contributed by atoms with E-state index in [0.717, 1.165) is 5.75 Å². The van der Waals surface area contributed by atoms with Gasteiger partial charge < -0.3 is 4.74 Å². The summed E-state index contributed by atoms with van der Waals surface area (Å²) in [5, 5.41) is 0. The summed E-state index contributed by atoms with van der Waals surface area (Å²) in [6.07, 6.45) is 0. The molecule has 0 aliphatic heterocycles. The van der Waals surface area contributed by atoms with Crippen molar-refractivity contribution in [1.82, 2.24) is 0 Å². The molecule has 0 radical (unpaired) electrons. The van der Waals surface area contributed by atoms with Crippen LogP contribution in [-0.4, -0.2) is 5.88 Å². The molecule has 0 spiro atoms. The van der Waals surface area contributed by atoms with E-state index in [1.165, 1.54) is 11.1 Å². The van der Waals surface area contributed by atoms with Gasteiger partial charge in [-0.3, -0.25) is 0 Å². The first-order chi connectivity index (χ1) is 8.79. The van der Waals surface area contributed by atoms with Gasteiger partial charge in [-0.2, -0.15) is 0 Å². The maximum absolute atomic E-state index is 5.84. The van der Waals surface area contributed by atoms with Gasteiger partial charge in [0, 0.05) is 5.88 Å². The molecule has 1 nitrogen and oxygen atoms in total. The van der Waals surface area contributed by atoms with Crippen LogP contribution >= 0.6 is 11.6 Å². The van der Waals surface area contributed by atoms with E-state index in [-0.39, 0.29) is 0 Å². The minimum absolute atomic E-state index is 0.384. The summed E-state index contributed by atoms with van der Waals surface area (Å²) in [5.41, 5.74) is 2.42. The molecule has 1 unspecified atom stereocenters. The summed E-state index contributed by atoms with van der Waals surface area (Å²) in [4.78, 5) is 0. The lowest BCUT2D eigenvalue weighted by Gasteiger charge is -2.10. The van der Waals surface area contributed by atoms with E-state index in [1.54, 1.807) is 0 Å². The van der Waals surface area contributed by atoms with Gasteiger partial charge in [0.2, 0.25) is 0 Å². The number of benzene rings is 2. The molecule has 2 rings (SSSR count). The van der Waals surface area contributed by atoms with Crippen molar-refractivity contribution in [2.45, 2.75) is 19.4 Å². The van der Waals surface area contributed by atoms with Crippen molar-refractivity contribution >= 4 is 11.6 Å². The summed E-state index contributed by atoms with van der Waals surface area (Å²) < 4.78 is 5.73. The summed E-state index contributed by atoms with van der Waals surface area (Å²) in [5.74, 6) is 1.92. The molecule has 0 fully saturated rings. The highest BCUT2D eigenvalue weighted by Crippen LogP contribution is 2.20. The van der Waals surface area contributed by atoms with Gasteiger partial charge in [-0.15, -0.1) is 11.6 Å². The highest BCUT2D eigenvalue weighted by molar-refractivity contribution is 6.18. The molecule has 2 aromatic carbocycles. The average Bonchev–Trinajstić information content (AvgIpc) is 2.46. The van der Waals surface area contributed by atoms with Crippen molar-refractivity contribution in [3.63, 3.8) is 0 Å². The van der Waals surface area contributed by atoms with Gasteiger partial charge >= 0.3 is 0 Å². The van der Waals surface area contributed by atoms with Gasteiger partial charge in [0.1, 0.15) is 12.4 Å². The number of hydrogen-bond acceptors (Lipinski definition) is 1. The van der Waals surface area contributed by atoms with E-state index >= 15 is 0 Å². The molecule has 0 saturated heterocycles. The van der Waals surface area contributed by atoms with Crippen LogP contribution in [0.4, 0.5) is 0 Å². The van der Waals surface area contributed by atoms with Crippen LogP contribution in [0.25, 0.3) is 0 Å². The van der Waals surface area contributed by atoms with Gasteiger partial charge in [0.05, 0.1) is 0 Å². The molecule has 0 bridgehead atoms. The topological polar surface area (TPSA) is 9.23 Å². The third-order valence-electron chi connectivity index (χ3n) is 2.93. The molecule has 0 aromatic heterocycles. The minimum atomic E-state index is 0.384. The van der Waals surface area contributed by atoms with Crippen molar-refractivity contribution in [2.24, 2.45) is 0 Å². The quantitative estimate of drug-likeness (QED) is 0.714. The number of ether oxygens (including phenoxy) is 1. The Balaban J connectivity index is 1.94. The van der Waals surface area contributed by atoms with Crippen LogP contribution in [0.5, 0.6) is 5.75 Å². The van der Waals surface area contributed by atoms with E-state index in [1.807, 2.05) is 30.3 Å². The Morgan fingerprint density at radius 2 is 1.67 bits per heavy atom. The molecular weight excluding hydrogens is 244 g/mol. The van der Waals surface area contributed by atoms with Gasteiger partial charge in [-0.1, -0.05) is 49.4 Å². The van der Waals surface area contributed by atoms with Gasteiger partial charge in [0.15, 0.2) is 0 Å². The molecule has 0 aliphatic carbocycles. The first-order valence-electron chi connectivity index (χ1n) is 6.12. The molecule has 1 atom stereocenters. The second kappa shape index (κ2) is 6.46. The van der Waals surface area contributed by atoms with Crippen molar-refractivity contribution in [3.05, 3.63) is 65.7 Å². The van der Waals surface area contributed by atoms with Crippen molar-refractivity contribution in [3.8, 4) is 5.75 Å². The lowest BCUT2D eigenvalue weighted by atomic mass is 10.0. The van der Waals surface area contributed by atoms with Crippen LogP contribution in [0.15, 0.2) is 54.6 Å². The fraction of sp³-hybridized carbons (Fsp3) is 0.250. The highest BCUT2D eigenvalue weighted by atomic mass is 35.5. The second-order valence-corrected chi connectivity index (χ2v) is 4.71. The summed E-state index contributed by atoms with van der Waals surface area (Å²) in [6, 6.07) is 18.3. The van der Waals surface area contributed by atoms with E-state index in [2.05, 4.69) is 31.2 Å².